The van der Waals surface area contributed by atoms with Gasteiger partial charge in [-0.25, -0.2) is 9.18 Å². The molecule has 6 rings (SSSR count). The first kappa shape index (κ1) is 33.0. The van der Waals surface area contributed by atoms with Crippen LogP contribution < -0.4 is 15.5 Å². The summed E-state index contributed by atoms with van der Waals surface area (Å²) in [6.45, 7) is 15.3. The summed E-state index contributed by atoms with van der Waals surface area (Å²) in [6.07, 6.45) is 1.04. The summed E-state index contributed by atoms with van der Waals surface area (Å²) >= 11 is 0. The van der Waals surface area contributed by atoms with E-state index in [9.17, 15) is 9.59 Å². The van der Waals surface area contributed by atoms with E-state index in [-0.39, 0.29) is 11.3 Å². The predicted molar refractivity (Wildman–Crippen MR) is 179 cm³/mol. The Morgan fingerprint density at radius 3 is 2.32 bits per heavy atom. The van der Waals surface area contributed by atoms with Gasteiger partial charge in [0.1, 0.15) is 17.2 Å². The van der Waals surface area contributed by atoms with Crippen LogP contribution in [-0.4, -0.2) is 60.5 Å². The number of rotatable bonds is 5. The number of benzene rings is 3. The van der Waals surface area contributed by atoms with Gasteiger partial charge in [0.05, 0.1) is 17.8 Å². The molecule has 2 saturated heterocycles. The molecule has 2 amide bonds. The van der Waals surface area contributed by atoms with E-state index in [2.05, 4.69) is 11.4 Å². The lowest BCUT2D eigenvalue weighted by Gasteiger charge is -2.38. The molecule has 0 radical (unpaired) electrons. The minimum absolute atomic E-state index is 0.0846. The van der Waals surface area contributed by atoms with E-state index in [0.717, 1.165) is 29.7 Å². The van der Waals surface area contributed by atoms with Crippen LogP contribution in [-0.2, 0) is 26.0 Å². The number of hydrogen-bond donors (Lipinski definition) is 1. The highest BCUT2D eigenvalue weighted by Gasteiger charge is 2.52. The number of hydrogen-bond acceptors (Lipinski definition) is 6. The summed E-state index contributed by atoms with van der Waals surface area (Å²) in [7, 11) is -0.826. The molecule has 248 valence electrons. The lowest BCUT2D eigenvalue weighted by atomic mass is 9.74. The maximum absolute atomic E-state index is 16.0. The topological polar surface area (TPSA) is 86.3 Å². The van der Waals surface area contributed by atoms with Crippen LogP contribution in [0.3, 0.4) is 0 Å². The van der Waals surface area contributed by atoms with Crippen molar-refractivity contribution >= 4 is 24.6 Å². The summed E-state index contributed by atoms with van der Waals surface area (Å²) < 4.78 is 39.7. The van der Waals surface area contributed by atoms with Crippen LogP contribution in [0.5, 0.6) is 5.75 Å². The number of alkyl carbamates (subject to hydrolysis) is 1. The largest absolute Gasteiger partial charge is 0.497 e. The molecule has 0 atom stereocenters. The lowest BCUT2D eigenvalue weighted by molar-refractivity contribution is 0.00578. The first-order valence-corrected chi connectivity index (χ1v) is 16.3. The normalized spacial score (nSPS) is 19.3. The van der Waals surface area contributed by atoms with Crippen molar-refractivity contribution in [1.29, 1.82) is 0 Å². The molecular formula is C37H44BFN2O6. The second kappa shape index (κ2) is 12.0. The third kappa shape index (κ3) is 6.50. The fourth-order valence-corrected chi connectivity index (χ4v) is 6.49. The van der Waals surface area contributed by atoms with E-state index in [4.69, 9.17) is 18.8 Å². The van der Waals surface area contributed by atoms with Crippen molar-refractivity contribution in [3.8, 4) is 16.9 Å². The van der Waals surface area contributed by atoms with Crippen molar-refractivity contribution in [2.45, 2.75) is 90.1 Å². The number of halogens is 1. The zero-order valence-corrected chi connectivity index (χ0v) is 28.4. The van der Waals surface area contributed by atoms with Crippen molar-refractivity contribution < 1.29 is 32.8 Å². The molecule has 0 bridgehead atoms. The highest BCUT2D eigenvalue weighted by atomic mass is 19.1. The van der Waals surface area contributed by atoms with E-state index in [0.29, 0.717) is 48.4 Å². The maximum atomic E-state index is 16.0. The van der Waals surface area contributed by atoms with Gasteiger partial charge in [0.15, 0.2) is 0 Å². The Hall–Kier alpha value is -3.89. The van der Waals surface area contributed by atoms with E-state index in [1.54, 1.807) is 36.4 Å². The van der Waals surface area contributed by atoms with Gasteiger partial charge in [-0.1, -0.05) is 36.4 Å². The fraction of sp³-hybridized carbons (Fsp3) is 0.459. The highest BCUT2D eigenvalue weighted by Crippen LogP contribution is 2.46. The van der Waals surface area contributed by atoms with Crippen LogP contribution in [0.25, 0.3) is 11.1 Å². The first-order valence-electron chi connectivity index (χ1n) is 16.3. The van der Waals surface area contributed by atoms with Crippen molar-refractivity contribution in [3.63, 3.8) is 0 Å². The van der Waals surface area contributed by atoms with Gasteiger partial charge in [0.2, 0.25) is 0 Å². The molecule has 8 nitrogen and oxygen atoms in total. The Bertz CT molecular complexity index is 1680. The maximum Gasteiger partial charge on any atom is 0.497 e. The SMILES string of the molecule is CC(C)(C)OC(=O)NCc1ccc2c(c1)C1(CCN(C(=O)c3cccc(-c4cccc(B5OC(C)(C)C(C)(C)O5)c4F)c3)CC1)CO2. The van der Waals surface area contributed by atoms with Crippen molar-refractivity contribution in [2.75, 3.05) is 19.7 Å². The molecule has 3 aromatic rings. The van der Waals surface area contributed by atoms with Gasteiger partial charge >= 0.3 is 13.2 Å². The number of carbonyl (C=O) groups excluding carboxylic acids is 2. The van der Waals surface area contributed by atoms with Crippen LogP contribution in [0.1, 0.15) is 82.8 Å². The Balaban J connectivity index is 1.14. The number of carbonyl (C=O) groups is 2. The van der Waals surface area contributed by atoms with Crippen LogP contribution in [0, 0.1) is 5.82 Å². The van der Waals surface area contributed by atoms with E-state index in [1.165, 1.54) is 0 Å². The van der Waals surface area contributed by atoms with E-state index in [1.807, 2.05) is 71.6 Å². The standard InChI is InChI=1S/C37H44BFN2O6/c1-34(2,3)45-33(43)40-22-24-14-15-30-28(20-24)37(23-44-30)16-18-41(19-17-37)32(42)26-11-8-10-25(21-26)27-12-9-13-29(31(27)39)38-46-35(4,5)36(6,7)47-38/h8-15,20-21H,16-19,22-23H2,1-7H3,(H,40,43). The average Bonchev–Trinajstić information content (AvgIpc) is 3.46. The minimum atomic E-state index is -0.826. The first-order chi connectivity index (χ1) is 22.1. The molecule has 1 N–H and O–H groups in total. The van der Waals surface area contributed by atoms with Crippen LogP contribution in [0.4, 0.5) is 9.18 Å². The van der Waals surface area contributed by atoms with Crippen molar-refractivity contribution in [1.82, 2.24) is 10.2 Å². The van der Waals surface area contributed by atoms with E-state index < -0.39 is 35.8 Å². The summed E-state index contributed by atoms with van der Waals surface area (Å²) in [5.74, 6) is 0.345. The molecule has 3 heterocycles. The van der Waals surface area contributed by atoms with Gasteiger partial charge in [-0.05, 0) is 96.7 Å². The number of nitrogens with one attached hydrogen (secondary N) is 1. The summed E-state index contributed by atoms with van der Waals surface area (Å²) in [5, 5.41) is 2.83. The van der Waals surface area contributed by atoms with Gasteiger partial charge in [-0.3, -0.25) is 4.79 Å². The zero-order valence-electron chi connectivity index (χ0n) is 28.4. The van der Waals surface area contributed by atoms with Gasteiger partial charge in [-0.2, -0.15) is 0 Å². The molecule has 0 aromatic heterocycles. The molecule has 10 heteroatoms. The molecule has 3 aliphatic rings. The Labute approximate surface area is 277 Å². The number of likely N-dealkylation sites (tertiary alicyclic amines) is 1. The Morgan fingerprint density at radius 1 is 0.957 bits per heavy atom. The van der Waals surface area contributed by atoms with Crippen molar-refractivity contribution in [3.05, 3.63) is 83.2 Å². The number of fused-ring (bicyclic) bond motifs is 2. The highest BCUT2D eigenvalue weighted by molar-refractivity contribution is 6.62. The Morgan fingerprint density at radius 2 is 1.64 bits per heavy atom. The third-order valence-electron chi connectivity index (χ3n) is 9.92. The number of piperidine rings is 1. The predicted octanol–water partition coefficient (Wildman–Crippen LogP) is 6.38. The summed E-state index contributed by atoms with van der Waals surface area (Å²) in [6, 6.07) is 18.4. The third-order valence-corrected chi connectivity index (χ3v) is 9.92. The molecule has 3 aromatic carbocycles. The molecule has 47 heavy (non-hydrogen) atoms. The second-order valence-electron chi connectivity index (χ2n) is 14.9. The molecule has 0 aliphatic carbocycles. The average molecular weight is 643 g/mol. The number of ether oxygens (including phenoxy) is 2. The molecule has 1 spiro atoms. The van der Waals surface area contributed by atoms with Gasteiger partial charge < -0.3 is 29.0 Å². The smallest absolute Gasteiger partial charge is 0.492 e. The van der Waals surface area contributed by atoms with Crippen molar-refractivity contribution in [2.24, 2.45) is 0 Å². The lowest BCUT2D eigenvalue weighted by Crippen LogP contribution is -2.46. The summed E-state index contributed by atoms with van der Waals surface area (Å²) in [4.78, 5) is 27.8. The van der Waals surface area contributed by atoms with Crippen LogP contribution >= 0.6 is 0 Å². The monoisotopic (exact) mass is 642 g/mol. The van der Waals surface area contributed by atoms with Gasteiger partial charge in [-0.15, -0.1) is 0 Å². The van der Waals surface area contributed by atoms with E-state index >= 15 is 4.39 Å². The second-order valence-corrected chi connectivity index (χ2v) is 14.9. The summed E-state index contributed by atoms with van der Waals surface area (Å²) in [5.41, 5.74) is 1.99. The van der Waals surface area contributed by atoms with Crippen LogP contribution in [0.15, 0.2) is 60.7 Å². The minimum Gasteiger partial charge on any atom is -0.492 e. The van der Waals surface area contributed by atoms with Crippen LogP contribution in [0.2, 0.25) is 0 Å². The molecule has 0 unspecified atom stereocenters. The zero-order chi connectivity index (χ0) is 33.8. The molecule has 2 fully saturated rings. The fourth-order valence-electron chi connectivity index (χ4n) is 6.49. The molecule has 3 aliphatic heterocycles. The Kier molecular flexibility index (Phi) is 8.41. The number of nitrogens with zero attached hydrogens (tertiary/aromatic N) is 1. The van der Waals surface area contributed by atoms with Gasteiger partial charge in [0.25, 0.3) is 5.91 Å². The van der Waals surface area contributed by atoms with Gasteiger partial charge in [0, 0.05) is 47.2 Å². The molecular weight excluding hydrogens is 598 g/mol. The quantitative estimate of drug-likeness (QED) is 0.325. The molecule has 0 saturated carbocycles. The number of amides is 2.